The monoisotopic (exact) mass is 300 g/mol. The molecule has 1 fully saturated rings. The van der Waals surface area contributed by atoms with Gasteiger partial charge in [0.15, 0.2) is 11.6 Å². The van der Waals surface area contributed by atoms with E-state index >= 15 is 0 Å². The molecule has 21 heavy (non-hydrogen) atoms. The summed E-state index contributed by atoms with van der Waals surface area (Å²) in [5, 5.41) is 0. The summed E-state index contributed by atoms with van der Waals surface area (Å²) < 4.78 is 40.7. The minimum Gasteiger partial charge on any atom is -0.332 e. The second-order valence-corrected chi connectivity index (χ2v) is 5.68. The maximum absolute atomic E-state index is 14.1. The fraction of sp³-hybridized carbons (Fsp3) is 0.533. The molecule has 1 aromatic rings. The average molecular weight is 300 g/mol. The molecule has 0 bridgehead atoms. The molecule has 0 aromatic heterocycles. The number of likely N-dealkylation sites (tertiary alicyclic amines) is 1. The van der Waals surface area contributed by atoms with E-state index < -0.39 is 29.5 Å². The predicted octanol–water partition coefficient (Wildman–Crippen LogP) is 2.89. The number of amides is 1. The second kappa shape index (κ2) is 6.05. The molecule has 2 rings (SSSR count). The van der Waals surface area contributed by atoms with Crippen LogP contribution in [0.15, 0.2) is 12.1 Å². The van der Waals surface area contributed by atoms with Gasteiger partial charge in [-0.3, -0.25) is 4.79 Å². The molecule has 3 nitrogen and oxygen atoms in total. The lowest BCUT2D eigenvalue weighted by Gasteiger charge is -2.37. The predicted molar refractivity (Wildman–Crippen MR) is 72.9 cm³/mol. The van der Waals surface area contributed by atoms with Gasteiger partial charge in [0.1, 0.15) is 5.82 Å². The average Bonchev–Trinajstić information content (AvgIpc) is 2.53. The maximum Gasteiger partial charge on any atom is 0.223 e. The van der Waals surface area contributed by atoms with E-state index in [9.17, 15) is 18.0 Å². The van der Waals surface area contributed by atoms with Gasteiger partial charge in [0.2, 0.25) is 5.91 Å². The molecular weight excluding hydrogens is 281 g/mol. The third kappa shape index (κ3) is 3.05. The van der Waals surface area contributed by atoms with Gasteiger partial charge < -0.3 is 10.6 Å². The van der Waals surface area contributed by atoms with Crippen molar-refractivity contribution in [1.29, 1.82) is 0 Å². The molecule has 116 valence electrons. The van der Waals surface area contributed by atoms with Crippen LogP contribution in [0.4, 0.5) is 13.2 Å². The van der Waals surface area contributed by atoms with Gasteiger partial charge in [-0.2, -0.15) is 0 Å². The van der Waals surface area contributed by atoms with Crippen LogP contribution < -0.4 is 5.73 Å². The van der Waals surface area contributed by atoms with Gasteiger partial charge in [-0.25, -0.2) is 13.2 Å². The number of hydrogen-bond donors (Lipinski definition) is 1. The molecule has 1 aliphatic rings. The number of hydrogen-bond acceptors (Lipinski definition) is 2. The summed E-state index contributed by atoms with van der Waals surface area (Å²) in [7, 11) is 0. The lowest BCUT2D eigenvalue weighted by molar-refractivity contribution is -0.135. The highest BCUT2D eigenvalue weighted by molar-refractivity contribution is 5.77. The van der Waals surface area contributed by atoms with Crippen LogP contribution in [0.2, 0.25) is 0 Å². The Kier molecular flexibility index (Phi) is 4.56. The van der Waals surface area contributed by atoms with Crippen LogP contribution in [-0.4, -0.2) is 22.9 Å². The molecule has 2 unspecified atom stereocenters. The van der Waals surface area contributed by atoms with Crippen molar-refractivity contribution in [2.75, 3.05) is 0 Å². The summed E-state index contributed by atoms with van der Waals surface area (Å²) >= 11 is 0. The summed E-state index contributed by atoms with van der Waals surface area (Å²) in [5.41, 5.74) is 6.02. The normalized spacial score (nSPS) is 23.6. The van der Waals surface area contributed by atoms with Crippen LogP contribution >= 0.6 is 0 Å². The molecule has 2 atom stereocenters. The summed E-state index contributed by atoms with van der Waals surface area (Å²) in [4.78, 5) is 13.7. The minimum atomic E-state index is -1.25. The molecule has 0 spiro atoms. The van der Waals surface area contributed by atoms with E-state index in [1.807, 2.05) is 0 Å². The van der Waals surface area contributed by atoms with E-state index in [0.29, 0.717) is 25.3 Å². The van der Waals surface area contributed by atoms with Crippen LogP contribution in [-0.2, 0) is 4.79 Å². The highest BCUT2D eigenvalue weighted by Gasteiger charge is 2.36. The van der Waals surface area contributed by atoms with Crippen molar-refractivity contribution < 1.29 is 18.0 Å². The number of nitrogens with zero attached hydrogens (tertiary/aromatic N) is 1. The van der Waals surface area contributed by atoms with Crippen molar-refractivity contribution in [3.8, 4) is 0 Å². The number of rotatable bonds is 2. The molecule has 2 N–H and O–H groups in total. The van der Waals surface area contributed by atoms with E-state index in [0.717, 1.165) is 6.07 Å². The maximum atomic E-state index is 14.1. The largest absolute Gasteiger partial charge is 0.332 e. The van der Waals surface area contributed by atoms with Crippen molar-refractivity contribution in [2.24, 2.45) is 5.73 Å². The van der Waals surface area contributed by atoms with Crippen molar-refractivity contribution in [1.82, 2.24) is 4.90 Å². The lowest BCUT2D eigenvalue weighted by atomic mass is 9.94. The third-order valence-electron chi connectivity index (χ3n) is 3.84. The number of carbonyl (C=O) groups excluding carboxylic acids is 1. The standard InChI is InChI=1S/C15H19F3N2O/c1-8(2)20-14(21)5-3-4-13(19)15(20)9-6-11(17)12(18)7-10(9)16/h6-8,13,15H,3-5,19H2,1-2H3. The number of halogens is 3. The van der Waals surface area contributed by atoms with Crippen LogP contribution in [0.1, 0.15) is 44.7 Å². The van der Waals surface area contributed by atoms with Gasteiger partial charge in [0, 0.05) is 30.1 Å². The van der Waals surface area contributed by atoms with E-state index in [4.69, 9.17) is 5.73 Å². The first kappa shape index (κ1) is 15.8. The van der Waals surface area contributed by atoms with Gasteiger partial charge in [0.05, 0.1) is 6.04 Å². The molecule has 1 aromatic carbocycles. The van der Waals surface area contributed by atoms with Gasteiger partial charge >= 0.3 is 0 Å². The minimum absolute atomic E-state index is 0.0645. The Morgan fingerprint density at radius 3 is 2.43 bits per heavy atom. The Morgan fingerprint density at radius 2 is 1.81 bits per heavy atom. The smallest absolute Gasteiger partial charge is 0.223 e. The lowest BCUT2D eigenvalue weighted by Crippen LogP contribution is -2.46. The molecule has 1 aliphatic heterocycles. The highest BCUT2D eigenvalue weighted by Crippen LogP contribution is 2.34. The molecule has 1 heterocycles. The van der Waals surface area contributed by atoms with E-state index in [2.05, 4.69) is 0 Å². The fourth-order valence-electron chi connectivity index (χ4n) is 2.89. The summed E-state index contributed by atoms with van der Waals surface area (Å²) in [6.45, 7) is 3.58. The van der Waals surface area contributed by atoms with Crippen molar-refractivity contribution in [2.45, 2.75) is 51.2 Å². The first-order chi connectivity index (χ1) is 9.82. The zero-order valence-electron chi connectivity index (χ0n) is 12.1. The summed E-state index contributed by atoms with van der Waals surface area (Å²) in [6, 6.07) is -0.193. The molecular formula is C15H19F3N2O. The van der Waals surface area contributed by atoms with Crippen LogP contribution in [0, 0.1) is 17.5 Å². The molecule has 0 radical (unpaired) electrons. The first-order valence-electron chi connectivity index (χ1n) is 7.04. The van der Waals surface area contributed by atoms with Crippen LogP contribution in [0.5, 0.6) is 0 Å². The summed E-state index contributed by atoms with van der Waals surface area (Å²) in [6.07, 6.45) is 1.46. The molecule has 6 heteroatoms. The first-order valence-corrected chi connectivity index (χ1v) is 7.04. The topological polar surface area (TPSA) is 46.3 Å². The van der Waals surface area contributed by atoms with Crippen molar-refractivity contribution >= 4 is 5.91 Å². The highest BCUT2D eigenvalue weighted by atomic mass is 19.2. The van der Waals surface area contributed by atoms with Crippen molar-refractivity contribution in [3.05, 3.63) is 35.1 Å². The molecule has 1 amide bonds. The quantitative estimate of drug-likeness (QED) is 0.854. The zero-order valence-corrected chi connectivity index (χ0v) is 12.1. The van der Waals surface area contributed by atoms with Gasteiger partial charge in [0.25, 0.3) is 0 Å². The zero-order chi connectivity index (χ0) is 15.7. The Hall–Kier alpha value is -1.56. The Morgan fingerprint density at radius 1 is 1.19 bits per heavy atom. The fourth-order valence-corrected chi connectivity index (χ4v) is 2.89. The summed E-state index contributed by atoms with van der Waals surface area (Å²) in [5.74, 6) is -3.42. The molecule has 0 aliphatic carbocycles. The van der Waals surface area contributed by atoms with E-state index in [1.54, 1.807) is 13.8 Å². The van der Waals surface area contributed by atoms with Gasteiger partial charge in [-0.05, 0) is 32.8 Å². The number of benzene rings is 1. The Labute approximate surface area is 121 Å². The third-order valence-corrected chi connectivity index (χ3v) is 3.84. The number of carbonyl (C=O) groups is 1. The Balaban J connectivity index is 2.54. The van der Waals surface area contributed by atoms with Crippen molar-refractivity contribution in [3.63, 3.8) is 0 Å². The molecule has 1 saturated heterocycles. The van der Waals surface area contributed by atoms with E-state index in [1.165, 1.54) is 4.90 Å². The van der Waals surface area contributed by atoms with Gasteiger partial charge in [-0.15, -0.1) is 0 Å². The molecule has 0 saturated carbocycles. The Bertz CT molecular complexity index is 548. The second-order valence-electron chi connectivity index (χ2n) is 5.68. The van der Waals surface area contributed by atoms with E-state index in [-0.39, 0.29) is 17.5 Å². The van der Waals surface area contributed by atoms with Crippen LogP contribution in [0.3, 0.4) is 0 Å². The number of nitrogens with two attached hydrogens (primary N) is 1. The van der Waals surface area contributed by atoms with Crippen LogP contribution in [0.25, 0.3) is 0 Å². The van der Waals surface area contributed by atoms with Gasteiger partial charge in [-0.1, -0.05) is 0 Å². The SMILES string of the molecule is CC(C)N1C(=O)CCCC(N)C1c1cc(F)c(F)cc1F.